The van der Waals surface area contributed by atoms with Gasteiger partial charge in [0, 0.05) is 12.2 Å². The molecule has 2 aromatic rings. The van der Waals surface area contributed by atoms with Crippen molar-refractivity contribution in [2.24, 2.45) is 5.73 Å². The van der Waals surface area contributed by atoms with Crippen molar-refractivity contribution in [1.29, 1.82) is 0 Å². The second kappa shape index (κ2) is 6.18. The van der Waals surface area contributed by atoms with Crippen molar-refractivity contribution < 1.29 is 14.3 Å². The standard InChI is InChI=1S/C13H16N4O3/c14-9-3-1-8(2-4-9)5-16-12(19)11-7-20-13(17-11)10(15)6-18/h1-4,7,10,18H,5-6,14-15H2,(H,16,19). The molecule has 1 aromatic carbocycles. The van der Waals surface area contributed by atoms with Crippen LogP contribution in [0.15, 0.2) is 34.9 Å². The van der Waals surface area contributed by atoms with Crippen molar-refractivity contribution in [2.45, 2.75) is 12.6 Å². The van der Waals surface area contributed by atoms with E-state index in [1.807, 2.05) is 12.1 Å². The zero-order valence-electron chi connectivity index (χ0n) is 10.7. The van der Waals surface area contributed by atoms with Crippen LogP contribution < -0.4 is 16.8 Å². The number of nitrogen functional groups attached to an aromatic ring is 1. The number of benzene rings is 1. The van der Waals surface area contributed by atoms with Gasteiger partial charge >= 0.3 is 0 Å². The summed E-state index contributed by atoms with van der Waals surface area (Å²) in [6, 6.07) is 6.44. The van der Waals surface area contributed by atoms with Crippen LogP contribution in [0.4, 0.5) is 5.69 Å². The minimum Gasteiger partial charge on any atom is -0.446 e. The number of oxazole rings is 1. The first-order valence-corrected chi connectivity index (χ1v) is 6.04. The molecule has 0 radical (unpaired) electrons. The third-order valence-corrected chi connectivity index (χ3v) is 2.70. The van der Waals surface area contributed by atoms with Crippen LogP contribution >= 0.6 is 0 Å². The number of carbonyl (C=O) groups is 1. The van der Waals surface area contributed by atoms with Crippen molar-refractivity contribution in [2.75, 3.05) is 12.3 Å². The highest BCUT2D eigenvalue weighted by atomic mass is 16.3. The number of carbonyl (C=O) groups excluding carboxylic acids is 1. The number of aromatic nitrogens is 1. The Morgan fingerprint density at radius 2 is 2.10 bits per heavy atom. The molecule has 0 aliphatic rings. The highest BCUT2D eigenvalue weighted by molar-refractivity contribution is 5.91. The van der Waals surface area contributed by atoms with Gasteiger partial charge in [-0.05, 0) is 17.7 Å². The van der Waals surface area contributed by atoms with Crippen molar-refractivity contribution in [1.82, 2.24) is 10.3 Å². The van der Waals surface area contributed by atoms with E-state index in [2.05, 4.69) is 10.3 Å². The lowest BCUT2D eigenvalue weighted by Crippen LogP contribution is -2.23. The lowest BCUT2D eigenvalue weighted by molar-refractivity contribution is 0.0946. The fourth-order valence-corrected chi connectivity index (χ4v) is 1.55. The van der Waals surface area contributed by atoms with Gasteiger partial charge in [-0.3, -0.25) is 4.79 Å². The molecule has 1 heterocycles. The Bertz CT molecular complexity index is 580. The number of rotatable bonds is 5. The van der Waals surface area contributed by atoms with E-state index in [4.69, 9.17) is 21.0 Å². The van der Waals surface area contributed by atoms with Gasteiger partial charge in [-0.25, -0.2) is 4.98 Å². The molecule has 1 unspecified atom stereocenters. The molecule has 0 aliphatic carbocycles. The summed E-state index contributed by atoms with van der Waals surface area (Å²) in [5, 5.41) is 11.6. The number of hydrogen-bond acceptors (Lipinski definition) is 6. The van der Waals surface area contributed by atoms with Crippen LogP contribution in [-0.4, -0.2) is 22.6 Å². The Balaban J connectivity index is 1.94. The van der Waals surface area contributed by atoms with Crippen molar-refractivity contribution in [3.8, 4) is 0 Å². The second-order valence-corrected chi connectivity index (χ2v) is 4.28. The number of amides is 1. The molecule has 2 rings (SSSR count). The summed E-state index contributed by atoms with van der Waals surface area (Å²) in [7, 11) is 0. The van der Waals surface area contributed by atoms with E-state index in [1.54, 1.807) is 12.1 Å². The van der Waals surface area contributed by atoms with Gasteiger partial charge in [0.15, 0.2) is 5.69 Å². The second-order valence-electron chi connectivity index (χ2n) is 4.28. The maximum absolute atomic E-state index is 11.8. The third-order valence-electron chi connectivity index (χ3n) is 2.70. The Morgan fingerprint density at radius 3 is 2.75 bits per heavy atom. The summed E-state index contributed by atoms with van der Waals surface area (Å²) in [5.41, 5.74) is 12.8. The van der Waals surface area contributed by atoms with E-state index in [0.29, 0.717) is 12.2 Å². The summed E-state index contributed by atoms with van der Waals surface area (Å²) in [4.78, 5) is 15.8. The molecule has 1 atom stereocenters. The number of anilines is 1. The number of nitrogens with two attached hydrogens (primary N) is 2. The largest absolute Gasteiger partial charge is 0.446 e. The van der Waals surface area contributed by atoms with Crippen LogP contribution in [0.25, 0.3) is 0 Å². The Kier molecular flexibility index (Phi) is 4.34. The molecule has 0 saturated carbocycles. The number of hydrogen-bond donors (Lipinski definition) is 4. The van der Waals surface area contributed by atoms with E-state index in [1.165, 1.54) is 6.26 Å². The molecule has 0 bridgehead atoms. The van der Waals surface area contributed by atoms with Gasteiger partial charge in [-0.1, -0.05) is 12.1 Å². The molecule has 106 valence electrons. The molecule has 1 aromatic heterocycles. The molecule has 6 N–H and O–H groups in total. The van der Waals surface area contributed by atoms with Crippen LogP contribution in [0, 0.1) is 0 Å². The fourth-order valence-electron chi connectivity index (χ4n) is 1.55. The smallest absolute Gasteiger partial charge is 0.273 e. The van der Waals surface area contributed by atoms with E-state index in [9.17, 15) is 4.79 Å². The Labute approximate surface area is 115 Å². The molecule has 7 nitrogen and oxygen atoms in total. The molecule has 0 spiro atoms. The van der Waals surface area contributed by atoms with Gasteiger partial charge in [0.2, 0.25) is 5.89 Å². The van der Waals surface area contributed by atoms with Gasteiger partial charge in [-0.15, -0.1) is 0 Å². The third kappa shape index (κ3) is 3.34. The molecule has 0 fully saturated rings. The predicted molar refractivity (Wildman–Crippen MR) is 72.5 cm³/mol. The van der Waals surface area contributed by atoms with Crippen molar-refractivity contribution >= 4 is 11.6 Å². The van der Waals surface area contributed by atoms with Crippen LogP contribution in [-0.2, 0) is 6.54 Å². The van der Waals surface area contributed by atoms with Crippen LogP contribution in [0.3, 0.4) is 0 Å². The van der Waals surface area contributed by atoms with E-state index in [-0.39, 0.29) is 24.1 Å². The van der Waals surface area contributed by atoms with Crippen molar-refractivity contribution in [3.63, 3.8) is 0 Å². The van der Waals surface area contributed by atoms with E-state index in [0.717, 1.165) is 5.56 Å². The molecule has 0 aliphatic heterocycles. The summed E-state index contributed by atoms with van der Waals surface area (Å²) >= 11 is 0. The minimum atomic E-state index is -0.728. The first kappa shape index (κ1) is 14.0. The van der Waals surface area contributed by atoms with Gasteiger partial charge in [0.05, 0.1) is 6.61 Å². The zero-order valence-corrected chi connectivity index (χ0v) is 10.7. The summed E-state index contributed by atoms with van der Waals surface area (Å²) in [6.07, 6.45) is 1.21. The quantitative estimate of drug-likeness (QED) is 0.577. The summed E-state index contributed by atoms with van der Waals surface area (Å²) in [5.74, 6) is -0.243. The minimum absolute atomic E-state index is 0.124. The number of aliphatic hydroxyl groups is 1. The number of nitrogens with zero attached hydrogens (tertiary/aromatic N) is 1. The SMILES string of the molecule is Nc1ccc(CNC(=O)c2coc(C(N)CO)n2)cc1. The predicted octanol–water partition coefficient (Wildman–Crippen LogP) is 0.179. The normalized spacial score (nSPS) is 12.1. The number of aliphatic hydroxyl groups excluding tert-OH is 1. The lowest BCUT2D eigenvalue weighted by atomic mass is 10.2. The summed E-state index contributed by atoms with van der Waals surface area (Å²) < 4.78 is 5.03. The first-order chi connectivity index (χ1) is 9.60. The van der Waals surface area contributed by atoms with Crippen molar-refractivity contribution in [3.05, 3.63) is 47.7 Å². The average molecular weight is 276 g/mol. The van der Waals surface area contributed by atoms with Gasteiger partial charge < -0.3 is 26.3 Å². The molecule has 1 amide bonds. The van der Waals surface area contributed by atoms with Gasteiger partial charge in [0.25, 0.3) is 5.91 Å². The average Bonchev–Trinajstić information content (AvgIpc) is 2.95. The Hall–Kier alpha value is -2.38. The fraction of sp³-hybridized carbons (Fsp3) is 0.231. The Morgan fingerprint density at radius 1 is 1.40 bits per heavy atom. The van der Waals surface area contributed by atoms with Crippen LogP contribution in [0.2, 0.25) is 0 Å². The molecule has 0 saturated heterocycles. The van der Waals surface area contributed by atoms with E-state index >= 15 is 0 Å². The molecule has 7 heteroatoms. The van der Waals surface area contributed by atoms with Crippen LogP contribution in [0.5, 0.6) is 0 Å². The van der Waals surface area contributed by atoms with E-state index < -0.39 is 6.04 Å². The van der Waals surface area contributed by atoms with Gasteiger partial charge in [-0.2, -0.15) is 0 Å². The highest BCUT2D eigenvalue weighted by Gasteiger charge is 2.16. The lowest BCUT2D eigenvalue weighted by Gasteiger charge is -2.03. The monoisotopic (exact) mass is 276 g/mol. The zero-order chi connectivity index (χ0) is 14.5. The van der Waals surface area contributed by atoms with Gasteiger partial charge in [0.1, 0.15) is 12.3 Å². The molecular formula is C13H16N4O3. The maximum atomic E-state index is 11.8. The first-order valence-electron chi connectivity index (χ1n) is 6.04. The molecular weight excluding hydrogens is 260 g/mol. The summed E-state index contributed by atoms with van der Waals surface area (Å²) in [6.45, 7) is 0.0559. The highest BCUT2D eigenvalue weighted by Crippen LogP contribution is 2.10. The number of nitrogens with one attached hydrogen (secondary N) is 1. The maximum Gasteiger partial charge on any atom is 0.273 e. The molecule has 20 heavy (non-hydrogen) atoms. The van der Waals surface area contributed by atoms with Crippen LogP contribution in [0.1, 0.15) is 28.0 Å². The topological polar surface area (TPSA) is 127 Å².